The van der Waals surface area contributed by atoms with Crippen molar-refractivity contribution in [2.24, 2.45) is 0 Å². The van der Waals surface area contributed by atoms with Crippen LogP contribution in [0.3, 0.4) is 0 Å². The van der Waals surface area contributed by atoms with Gasteiger partial charge in [0.15, 0.2) is 0 Å². The summed E-state index contributed by atoms with van der Waals surface area (Å²) >= 11 is 1.95. The van der Waals surface area contributed by atoms with Gasteiger partial charge in [-0.25, -0.2) is 0 Å². The molecule has 0 spiro atoms. The van der Waals surface area contributed by atoms with Gasteiger partial charge in [0.25, 0.3) is 0 Å². The zero-order valence-electron chi connectivity index (χ0n) is 5.32. The van der Waals surface area contributed by atoms with Gasteiger partial charge in [-0.05, 0) is 11.5 Å². The fourth-order valence-electron chi connectivity index (χ4n) is 0.246. The molecule has 8 heavy (non-hydrogen) atoms. The van der Waals surface area contributed by atoms with Gasteiger partial charge in [-0.15, -0.1) is 0 Å². The van der Waals surface area contributed by atoms with Crippen molar-refractivity contribution < 1.29 is 12.4 Å². The van der Waals surface area contributed by atoms with E-state index in [0.717, 1.165) is 6.42 Å². The summed E-state index contributed by atoms with van der Waals surface area (Å²) in [5, 5.41) is 0. The van der Waals surface area contributed by atoms with E-state index in [1.807, 2.05) is 11.8 Å². The van der Waals surface area contributed by atoms with Crippen molar-refractivity contribution in [1.29, 1.82) is 0 Å². The van der Waals surface area contributed by atoms with E-state index < -0.39 is 0 Å². The van der Waals surface area contributed by atoms with E-state index in [4.69, 9.17) is 0 Å². The Hall–Kier alpha value is 1.41. The summed E-state index contributed by atoms with van der Waals surface area (Å²) in [5.74, 6) is 2.45. The van der Waals surface area contributed by atoms with Crippen LogP contribution in [0.2, 0.25) is 0 Å². The Morgan fingerprint density at radius 2 is 2.00 bits per heavy atom. The number of rotatable bonds is 3. The molecule has 0 atom stereocenters. The molecule has 0 aromatic carbocycles. The van der Waals surface area contributed by atoms with Gasteiger partial charge in [0.05, 0.1) is 0 Å². The monoisotopic (exact) mass is 162 g/mol. The predicted molar refractivity (Wildman–Crippen MR) is 38.7 cm³/mol. The Balaban J connectivity index is -0.000000125. The quantitative estimate of drug-likeness (QED) is 0.279. The van der Waals surface area contributed by atoms with E-state index in [9.17, 15) is 0 Å². The first-order valence-electron chi connectivity index (χ1n) is 2.28. The number of hydrogen-bond acceptors (Lipinski definition) is 1. The molecule has 0 bridgehead atoms. The number of halogens is 1. The van der Waals surface area contributed by atoms with Crippen LogP contribution in [0.1, 0.15) is 13.3 Å². The van der Waals surface area contributed by atoms with Crippen molar-refractivity contribution >= 4 is 34.8 Å². The molecule has 46 valence electrons. The average molecular weight is 163 g/mol. The standard InChI is InChI=1S/C5H11S.ClH.Mg/c1-3-5-6-4-2;;/h1,3-5H2,2H3;1H;/q-1;;+2/p-1. The van der Waals surface area contributed by atoms with Crippen LogP contribution >= 0.6 is 11.8 Å². The zero-order chi connectivity index (χ0) is 4.83. The SMILES string of the molecule is [CH2-]CCSCC.[Cl-].[Mg+2]. The van der Waals surface area contributed by atoms with Gasteiger partial charge in [0, 0.05) is 0 Å². The molecule has 0 aromatic heterocycles. The molecule has 0 N–H and O–H groups in total. The summed E-state index contributed by atoms with van der Waals surface area (Å²) in [6.07, 6.45) is 1.07. The Labute approximate surface area is 78.7 Å². The number of hydrogen-bond donors (Lipinski definition) is 0. The molecule has 0 heterocycles. The van der Waals surface area contributed by atoms with Crippen LogP contribution in [0.4, 0.5) is 0 Å². The molecule has 0 radical (unpaired) electrons. The first kappa shape index (κ1) is 16.2. The summed E-state index contributed by atoms with van der Waals surface area (Å²) in [5.41, 5.74) is 0. The molecule has 0 saturated heterocycles. The van der Waals surface area contributed by atoms with Gasteiger partial charge in [-0.3, -0.25) is 0 Å². The second-order valence-electron chi connectivity index (χ2n) is 1.05. The van der Waals surface area contributed by atoms with Crippen molar-refractivity contribution in [3.63, 3.8) is 0 Å². The second kappa shape index (κ2) is 15.8. The molecule has 0 aliphatic carbocycles. The number of thioether (sulfide) groups is 1. The minimum atomic E-state index is 0. The van der Waals surface area contributed by atoms with Crippen LogP contribution in [0.15, 0.2) is 0 Å². The molecule has 0 unspecified atom stereocenters. The molecule has 0 aromatic rings. The molecule has 0 nitrogen and oxygen atoms in total. The summed E-state index contributed by atoms with van der Waals surface area (Å²) in [4.78, 5) is 0. The van der Waals surface area contributed by atoms with Crippen molar-refractivity contribution in [2.75, 3.05) is 11.5 Å². The zero-order valence-corrected chi connectivity index (χ0v) is 8.31. The minimum absolute atomic E-state index is 0. The summed E-state index contributed by atoms with van der Waals surface area (Å²) in [6.45, 7) is 5.87. The van der Waals surface area contributed by atoms with E-state index in [2.05, 4.69) is 13.8 Å². The van der Waals surface area contributed by atoms with Gasteiger partial charge in [0.2, 0.25) is 0 Å². The van der Waals surface area contributed by atoms with Crippen LogP contribution in [0.25, 0.3) is 0 Å². The van der Waals surface area contributed by atoms with Crippen LogP contribution in [0.5, 0.6) is 0 Å². The molecule has 0 fully saturated rings. The minimum Gasteiger partial charge on any atom is -1.00 e. The molecular formula is C5H11ClMgS. The average Bonchev–Trinajstić information content (AvgIpc) is 1.61. The van der Waals surface area contributed by atoms with Crippen LogP contribution in [-0.4, -0.2) is 34.6 Å². The topological polar surface area (TPSA) is 0 Å². The van der Waals surface area contributed by atoms with Gasteiger partial charge in [-0.1, -0.05) is 6.92 Å². The van der Waals surface area contributed by atoms with Crippen LogP contribution in [-0.2, 0) is 0 Å². The summed E-state index contributed by atoms with van der Waals surface area (Å²) < 4.78 is 0. The fourth-order valence-corrected chi connectivity index (χ4v) is 0.739. The first-order valence-corrected chi connectivity index (χ1v) is 3.44. The van der Waals surface area contributed by atoms with Gasteiger partial charge in [-0.2, -0.15) is 18.2 Å². The molecule has 0 saturated carbocycles. The first-order chi connectivity index (χ1) is 2.91. The van der Waals surface area contributed by atoms with Crippen molar-refractivity contribution in [1.82, 2.24) is 0 Å². The third-order valence-corrected chi connectivity index (χ3v) is 1.48. The fraction of sp³-hybridized carbons (Fsp3) is 0.800. The van der Waals surface area contributed by atoms with Gasteiger partial charge < -0.3 is 19.3 Å². The molecule has 3 heteroatoms. The third-order valence-electron chi connectivity index (χ3n) is 0.493. The summed E-state index contributed by atoms with van der Waals surface area (Å²) in [7, 11) is 0. The maximum Gasteiger partial charge on any atom is 2.00 e. The van der Waals surface area contributed by atoms with E-state index in [1.54, 1.807) is 0 Å². The van der Waals surface area contributed by atoms with Crippen LogP contribution < -0.4 is 12.4 Å². The van der Waals surface area contributed by atoms with Crippen LogP contribution in [0, 0.1) is 6.92 Å². The van der Waals surface area contributed by atoms with Crippen molar-refractivity contribution in [3.8, 4) is 0 Å². The molecular weight excluding hydrogens is 152 g/mol. The predicted octanol–water partition coefficient (Wildman–Crippen LogP) is -1.41. The van der Waals surface area contributed by atoms with E-state index in [-0.39, 0.29) is 35.5 Å². The van der Waals surface area contributed by atoms with E-state index in [1.165, 1.54) is 11.5 Å². The van der Waals surface area contributed by atoms with E-state index in [0.29, 0.717) is 0 Å². The molecule has 0 rings (SSSR count). The normalized spacial score (nSPS) is 6.75. The van der Waals surface area contributed by atoms with Gasteiger partial charge in [0.1, 0.15) is 0 Å². The van der Waals surface area contributed by atoms with Gasteiger partial charge >= 0.3 is 23.1 Å². The Bertz CT molecular complexity index is 24.4. The van der Waals surface area contributed by atoms with Crippen molar-refractivity contribution in [3.05, 3.63) is 6.92 Å². The third kappa shape index (κ3) is 15.7. The molecule has 0 aliphatic heterocycles. The Kier molecular flexibility index (Phi) is 31.9. The van der Waals surface area contributed by atoms with Crippen molar-refractivity contribution in [2.45, 2.75) is 13.3 Å². The Morgan fingerprint density at radius 3 is 2.12 bits per heavy atom. The molecule has 0 aliphatic rings. The second-order valence-corrected chi connectivity index (χ2v) is 2.44. The largest absolute Gasteiger partial charge is 2.00 e. The summed E-state index contributed by atoms with van der Waals surface area (Å²) in [6, 6.07) is 0. The maximum absolute atomic E-state index is 3.70. The maximum atomic E-state index is 3.70. The van der Waals surface area contributed by atoms with E-state index >= 15 is 0 Å². The Morgan fingerprint density at radius 1 is 1.50 bits per heavy atom. The molecule has 0 amide bonds. The smallest absolute Gasteiger partial charge is 1.00 e.